The number of carbonyl (C=O) groups excluding carboxylic acids is 1. The molecule has 0 bridgehead atoms. The summed E-state index contributed by atoms with van der Waals surface area (Å²) >= 11 is 1.40. The molecule has 0 saturated heterocycles. The van der Waals surface area contributed by atoms with Crippen molar-refractivity contribution < 1.29 is 19.0 Å². The van der Waals surface area contributed by atoms with Crippen molar-refractivity contribution in [3.8, 4) is 33.9 Å². The molecule has 4 rings (SSSR count). The highest BCUT2D eigenvalue weighted by molar-refractivity contribution is 7.22. The molecule has 0 aliphatic heterocycles. The molecule has 0 N–H and O–H groups in total. The van der Waals surface area contributed by atoms with Crippen molar-refractivity contribution in [2.24, 2.45) is 0 Å². The number of methoxy groups -OCH3 is 1. The van der Waals surface area contributed by atoms with E-state index in [-0.39, 0.29) is 0 Å². The number of fused-ring (bicyclic) bond motifs is 1. The number of hydrogen-bond acceptors (Lipinski definition) is 7. The molecular weight excluding hydrogens is 424 g/mol. The van der Waals surface area contributed by atoms with E-state index in [0.29, 0.717) is 45.2 Å². The van der Waals surface area contributed by atoms with Crippen molar-refractivity contribution in [3.05, 3.63) is 71.8 Å². The van der Waals surface area contributed by atoms with Gasteiger partial charge in [0.25, 0.3) is 0 Å². The maximum Gasteiger partial charge on any atom is 0.343 e. The Balaban J connectivity index is 1.64. The monoisotopic (exact) mass is 444 g/mol. The minimum atomic E-state index is -0.466. The summed E-state index contributed by atoms with van der Waals surface area (Å²) in [6.45, 7) is 2.66. The van der Waals surface area contributed by atoms with Gasteiger partial charge in [0.15, 0.2) is 5.75 Å². The number of nitriles is 1. The molecule has 3 aromatic carbocycles. The Labute approximate surface area is 189 Å². The number of ether oxygens (including phenoxy) is 3. The fourth-order valence-electron chi connectivity index (χ4n) is 3.08. The van der Waals surface area contributed by atoms with Gasteiger partial charge in [0.2, 0.25) is 0 Å². The van der Waals surface area contributed by atoms with Crippen LogP contribution in [-0.4, -0.2) is 24.7 Å². The second kappa shape index (κ2) is 9.50. The van der Waals surface area contributed by atoms with E-state index in [0.717, 1.165) is 17.0 Å². The third kappa shape index (κ3) is 4.41. The SMILES string of the molecule is CCCOc1ccc(C(=O)Oc2ccc(OC)c3nc(-c4ccc(C#N)cc4)sc23)cc1. The van der Waals surface area contributed by atoms with Crippen LogP contribution in [0.3, 0.4) is 0 Å². The summed E-state index contributed by atoms with van der Waals surface area (Å²) < 4.78 is 17.4. The Kier molecular flexibility index (Phi) is 6.34. The van der Waals surface area contributed by atoms with E-state index in [1.807, 2.05) is 19.1 Å². The molecular formula is C25H20N2O4S. The molecule has 0 aliphatic carbocycles. The van der Waals surface area contributed by atoms with Crippen LogP contribution in [0.15, 0.2) is 60.7 Å². The second-order valence-corrected chi connectivity index (χ2v) is 7.91. The molecule has 0 saturated carbocycles. The number of aromatic nitrogens is 1. The van der Waals surface area contributed by atoms with Gasteiger partial charge in [0, 0.05) is 5.56 Å². The summed E-state index contributed by atoms with van der Waals surface area (Å²) in [5, 5.41) is 9.75. The molecule has 0 spiro atoms. The van der Waals surface area contributed by atoms with Crippen LogP contribution in [0.2, 0.25) is 0 Å². The number of nitrogens with zero attached hydrogens (tertiary/aromatic N) is 2. The quantitative estimate of drug-likeness (QED) is 0.263. The number of hydrogen-bond donors (Lipinski definition) is 0. The minimum Gasteiger partial charge on any atom is -0.494 e. The molecule has 32 heavy (non-hydrogen) atoms. The summed E-state index contributed by atoms with van der Waals surface area (Å²) in [5.41, 5.74) is 2.49. The zero-order chi connectivity index (χ0) is 22.5. The Morgan fingerprint density at radius 1 is 1.03 bits per heavy atom. The zero-order valence-corrected chi connectivity index (χ0v) is 18.4. The molecule has 7 heteroatoms. The molecule has 1 heterocycles. The highest BCUT2D eigenvalue weighted by Crippen LogP contribution is 2.40. The minimum absolute atomic E-state index is 0.412. The van der Waals surface area contributed by atoms with E-state index >= 15 is 0 Å². The highest BCUT2D eigenvalue weighted by atomic mass is 32.1. The number of carbonyl (C=O) groups is 1. The average molecular weight is 445 g/mol. The van der Waals surface area contributed by atoms with Gasteiger partial charge >= 0.3 is 5.97 Å². The van der Waals surface area contributed by atoms with Crippen molar-refractivity contribution in [2.45, 2.75) is 13.3 Å². The van der Waals surface area contributed by atoms with Crippen molar-refractivity contribution >= 4 is 27.5 Å². The second-order valence-electron chi connectivity index (χ2n) is 6.91. The number of esters is 1. The van der Waals surface area contributed by atoms with Gasteiger partial charge in [-0.15, -0.1) is 11.3 Å². The summed E-state index contributed by atoms with van der Waals surface area (Å²) in [5.74, 6) is 1.25. The Morgan fingerprint density at radius 3 is 2.41 bits per heavy atom. The van der Waals surface area contributed by atoms with Gasteiger partial charge < -0.3 is 14.2 Å². The Morgan fingerprint density at radius 2 is 1.75 bits per heavy atom. The standard InChI is InChI=1S/C25H20N2O4S/c1-3-14-30-19-10-8-18(9-11-19)25(28)31-21-13-12-20(29-2)22-23(21)32-24(27-22)17-6-4-16(15-26)5-7-17/h4-13H,3,14H2,1-2H3. The van der Waals surface area contributed by atoms with Crippen LogP contribution >= 0.6 is 11.3 Å². The smallest absolute Gasteiger partial charge is 0.343 e. The van der Waals surface area contributed by atoms with Crippen LogP contribution in [0.25, 0.3) is 20.8 Å². The van der Waals surface area contributed by atoms with Gasteiger partial charge in [-0.1, -0.05) is 19.1 Å². The Hall–Kier alpha value is -3.89. The highest BCUT2D eigenvalue weighted by Gasteiger charge is 2.18. The van der Waals surface area contributed by atoms with E-state index in [9.17, 15) is 4.79 Å². The van der Waals surface area contributed by atoms with E-state index in [4.69, 9.17) is 24.5 Å². The molecule has 6 nitrogen and oxygen atoms in total. The maximum absolute atomic E-state index is 12.7. The molecule has 0 radical (unpaired) electrons. The predicted octanol–water partition coefficient (Wildman–Crippen LogP) is 5.85. The van der Waals surface area contributed by atoms with Crippen LogP contribution in [-0.2, 0) is 0 Å². The van der Waals surface area contributed by atoms with Gasteiger partial charge in [-0.25, -0.2) is 9.78 Å². The molecule has 0 fully saturated rings. The van der Waals surface area contributed by atoms with Gasteiger partial charge in [-0.3, -0.25) is 0 Å². The molecule has 4 aromatic rings. The fraction of sp³-hybridized carbons (Fsp3) is 0.160. The zero-order valence-electron chi connectivity index (χ0n) is 17.6. The first kappa shape index (κ1) is 21.3. The maximum atomic E-state index is 12.7. The summed E-state index contributed by atoms with van der Waals surface area (Å²) in [4.78, 5) is 17.4. The van der Waals surface area contributed by atoms with Gasteiger partial charge in [-0.2, -0.15) is 5.26 Å². The summed E-state index contributed by atoms with van der Waals surface area (Å²) in [6.07, 6.45) is 0.913. The first-order valence-electron chi connectivity index (χ1n) is 10.1. The van der Waals surface area contributed by atoms with Crippen LogP contribution < -0.4 is 14.2 Å². The average Bonchev–Trinajstić information content (AvgIpc) is 3.29. The molecule has 0 atom stereocenters. The lowest BCUT2D eigenvalue weighted by Crippen LogP contribution is -2.08. The summed E-state index contributed by atoms with van der Waals surface area (Å²) in [6, 6.07) is 19.6. The lowest BCUT2D eigenvalue weighted by molar-refractivity contribution is 0.0737. The number of rotatable bonds is 7. The van der Waals surface area contributed by atoms with E-state index in [2.05, 4.69) is 6.07 Å². The molecule has 0 unspecified atom stereocenters. The number of thiazole rings is 1. The normalized spacial score (nSPS) is 10.5. The van der Waals surface area contributed by atoms with Crippen molar-refractivity contribution in [3.63, 3.8) is 0 Å². The molecule has 160 valence electrons. The lowest BCUT2D eigenvalue weighted by Gasteiger charge is -2.08. The molecule has 0 amide bonds. The lowest BCUT2D eigenvalue weighted by atomic mass is 10.1. The van der Waals surface area contributed by atoms with Crippen LogP contribution in [0.1, 0.15) is 29.3 Å². The van der Waals surface area contributed by atoms with Gasteiger partial charge in [0.1, 0.15) is 26.7 Å². The van der Waals surface area contributed by atoms with Crippen molar-refractivity contribution in [1.29, 1.82) is 5.26 Å². The van der Waals surface area contributed by atoms with E-state index in [1.165, 1.54) is 11.3 Å². The van der Waals surface area contributed by atoms with Crippen LogP contribution in [0, 0.1) is 11.3 Å². The van der Waals surface area contributed by atoms with Crippen molar-refractivity contribution in [2.75, 3.05) is 13.7 Å². The molecule has 1 aromatic heterocycles. The van der Waals surface area contributed by atoms with E-state index in [1.54, 1.807) is 55.6 Å². The van der Waals surface area contributed by atoms with Crippen molar-refractivity contribution in [1.82, 2.24) is 4.98 Å². The third-order valence-corrected chi connectivity index (χ3v) is 5.84. The first-order chi connectivity index (χ1) is 15.6. The predicted molar refractivity (Wildman–Crippen MR) is 124 cm³/mol. The van der Waals surface area contributed by atoms with Crippen LogP contribution in [0.4, 0.5) is 0 Å². The molecule has 0 aliphatic rings. The Bertz CT molecular complexity index is 1290. The summed E-state index contributed by atoms with van der Waals surface area (Å²) in [7, 11) is 1.57. The van der Waals surface area contributed by atoms with Gasteiger partial charge in [-0.05, 0) is 55.0 Å². The van der Waals surface area contributed by atoms with Crippen LogP contribution in [0.5, 0.6) is 17.2 Å². The largest absolute Gasteiger partial charge is 0.494 e. The first-order valence-corrected chi connectivity index (χ1v) is 10.9. The van der Waals surface area contributed by atoms with E-state index < -0.39 is 5.97 Å². The number of benzene rings is 3. The topological polar surface area (TPSA) is 81.4 Å². The van der Waals surface area contributed by atoms with Gasteiger partial charge in [0.05, 0.1) is 30.9 Å². The third-order valence-electron chi connectivity index (χ3n) is 4.72. The fourth-order valence-corrected chi connectivity index (χ4v) is 4.12.